The highest BCUT2D eigenvalue weighted by Crippen LogP contribution is 2.37. The van der Waals surface area contributed by atoms with Gasteiger partial charge in [-0.15, -0.1) is 0 Å². The van der Waals surface area contributed by atoms with Crippen LogP contribution in [0, 0.1) is 0 Å². The van der Waals surface area contributed by atoms with Crippen LogP contribution in [-0.2, 0) is 17.3 Å². The molecule has 0 bridgehead atoms. The molecule has 148 valence electrons. The minimum atomic E-state index is 0.115. The number of nitrogens with zero attached hydrogens (tertiary/aromatic N) is 2. The molecule has 2 heteroatoms. The Hall–Kier alpha value is -1.96. The Bertz CT molecular complexity index is 764. The Labute approximate surface area is 167 Å². The topological polar surface area (TPSA) is 6.48 Å². The Morgan fingerprint density at radius 3 is 1.93 bits per heavy atom. The molecule has 0 saturated carbocycles. The van der Waals surface area contributed by atoms with E-state index in [2.05, 4.69) is 115 Å². The molecule has 2 aromatic rings. The van der Waals surface area contributed by atoms with Crippen LogP contribution < -0.4 is 9.80 Å². The van der Waals surface area contributed by atoms with E-state index in [4.69, 9.17) is 0 Å². The number of hydrogen-bond acceptors (Lipinski definition) is 2. The zero-order chi connectivity index (χ0) is 20.4. The first-order valence-electron chi connectivity index (χ1n) is 10.0. The Kier molecular flexibility index (Phi) is 6.29. The fraction of sp³-hybridized carbons (Fsp3) is 0.520. The molecule has 0 aliphatic heterocycles. The molecule has 27 heavy (non-hydrogen) atoms. The normalized spacial score (nSPS) is 12.2. The molecule has 0 atom stereocenters. The summed E-state index contributed by atoms with van der Waals surface area (Å²) in [7, 11) is 8.50. The first-order valence-corrected chi connectivity index (χ1v) is 10.0. The lowest BCUT2D eigenvalue weighted by Crippen LogP contribution is -2.24. The smallest absolute Gasteiger partial charge is 0.0399 e. The van der Waals surface area contributed by atoms with Gasteiger partial charge in [0.15, 0.2) is 0 Å². The molecule has 0 heterocycles. The molecule has 0 N–H and O–H groups in total. The number of rotatable bonds is 6. The zero-order valence-electron chi connectivity index (χ0n) is 18.9. The molecule has 0 unspecified atom stereocenters. The average Bonchev–Trinajstić information content (AvgIpc) is 2.58. The third kappa shape index (κ3) is 5.06. The van der Waals surface area contributed by atoms with E-state index in [1.807, 2.05) is 0 Å². The van der Waals surface area contributed by atoms with Gasteiger partial charge in [0, 0.05) is 39.6 Å². The number of para-hydroxylation sites is 1. The summed E-state index contributed by atoms with van der Waals surface area (Å²) in [5, 5.41) is 0. The second-order valence-electron chi connectivity index (χ2n) is 9.78. The summed E-state index contributed by atoms with van der Waals surface area (Å²) >= 11 is 0. The molecule has 0 fully saturated rings. The monoisotopic (exact) mass is 366 g/mol. The van der Waals surface area contributed by atoms with Crippen LogP contribution in [0.15, 0.2) is 42.5 Å². The summed E-state index contributed by atoms with van der Waals surface area (Å²) in [6.07, 6.45) is 2.21. The third-order valence-electron chi connectivity index (χ3n) is 5.55. The van der Waals surface area contributed by atoms with Crippen molar-refractivity contribution in [3.05, 3.63) is 59.2 Å². The van der Waals surface area contributed by atoms with E-state index in [1.165, 1.54) is 28.1 Å². The van der Waals surface area contributed by atoms with E-state index < -0.39 is 0 Å². The molecule has 0 spiro atoms. The molecule has 0 radical (unpaired) electrons. The van der Waals surface area contributed by atoms with Crippen LogP contribution in [0.1, 0.15) is 57.7 Å². The molecule has 0 aliphatic rings. The van der Waals surface area contributed by atoms with Crippen molar-refractivity contribution in [2.24, 2.45) is 0 Å². The van der Waals surface area contributed by atoms with Gasteiger partial charge in [-0.1, -0.05) is 58.9 Å². The predicted octanol–water partition coefficient (Wildman–Crippen LogP) is 6.03. The fourth-order valence-electron chi connectivity index (χ4n) is 3.81. The van der Waals surface area contributed by atoms with Gasteiger partial charge in [0.2, 0.25) is 0 Å². The zero-order valence-corrected chi connectivity index (χ0v) is 18.9. The predicted molar refractivity (Wildman–Crippen MR) is 122 cm³/mol. The van der Waals surface area contributed by atoms with Crippen LogP contribution in [0.5, 0.6) is 0 Å². The number of benzene rings is 2. The number of hydrogen-bond donors (Lipinski definition) is 0. The maximum atomic E-state index is 2.38. The standard InChI is InChI=1S/C25H38N2/c1-24(2,3)21-15-14-20(26(6)7)18-19(21)16-17-25(4,5)22-12-10-11-13-23(22)27(8)9/h10-15,18H,16-17H2,1-9H3. The van der Waals surface area contributed by atoms with E-state index in [0.717, 1.165) is 12.8 Å². The van der Waals surface area contributed by atoms with Crippen molar-refractivity contribution < 1.29 is 0 Å². The lowest BCUT2D eigenvalue weighted by atomic mass is 9.76. The van der Waals surface area contributed by atoms with Gasteiger partial charge in [0.1, 0.15) is 0 Å². The number of aryl methyl sites for hydroxylation is 1. The Balaban J connectivity index is 2.36. The van der Waals surface area contributed by atoms with Gasteiger partial charge < -0.3 is 9.80 Å². The fourth-order valence-corrected chi connectivity index (χ4v) is 3.81. The van der Waals surface area contributed by atoms with Crippen molar-refractivity contribution >= 4 is 11.4 Å². The van der Waals surface area contributed by atoms with E-state index >= 15 is 0 Å². The summed E-state index contributed by atoms with van der Waals surface area (Å²) in [6.45, 7) is 11.7. The van der Waals surface area contributed by atoms with Crippen LogP contribution in [0.2, 0.25) is 0 Å². The van der Waals surface area contributed by atoms with Crippen molar-refractivity contribution in [1.29, 1.82) is 0 Å². The van der Waals surface area contributed by atoms with Gasteiger partial charge in [-0.25, -0.2) is 0 Å². The summed E-state index contributed by atoms with van der Waals surface area (Å²) in [5.74, 6) is 0. The lowest BCUT2D eigenvalue weighted by molar-refractivity contribution is 0.475. The Morgan fingerprint density at radius 1 is 0.741 bits per heavy atom. The first-order chi connectivity index (χ1) is 12.4. The quantitative estimate of drug-likeness (QED) is 0.616. The number of anilines is 2. The van der Waals surface area contributed by atoms with Crippen LogP contribution in [0.4, 0.5) is 11.4 Å². The van der Waals surface area contributed by atoms with Crippen LogP contribution in [0.3, 0.4) is 0 Å². The highest BCUT2D eigenvalue weighted by atomic mass is 15.1. The van der Waals surface area contributed by atoms with Crippen molar-refractivity contribution in [2.75, 3.05) is 38.0 Å². The van der Waals surface area contributed by atoms with Gasteiger partial charge in [0.25, 0.3) is 0 Å². The van der Waals surface area contributed by atoms with Crippen molar-refractivity contribution in [2.45, 2.75) is 58.3 Å². The highest BCUT2D eigenvalue weighted by Gasteiger charge is 2.26. The van der Waals surface area contributed by atoms with E-state index in [9.17, 15) is 0 Å². The lowest BCUT2D eigenvalue weighted by Gasteiger charge is -2.32. The average molecular weight is 367 g/mol. The van der Waals surface area contributed by atoms with Crippen molar-refractivity contribution in [1.82, 2.24) is 0 Å². The maximum absolute atomic E-state index is 2.38. The maximum Gasteiger partial charge on any atom is 0.0399 e. The molecule has 0 saturated heterocycles. The summed E-state index contributed by atoms with van der Waals surface area (Å²) in [5.41, 5.74) is 7.24. The summed E-state index contributed by atoms with van der Waals surface area (Å²) < 4.78 is 0. The molecular weight excluding hydrogens is 328 g/mol. The third-order valence-corrected chi connectivity index (χ3v) is 5.55. The molecule has 2 nitrogen and oxygen atoms in total. The second-order valence-corrected chi connectivity index (χ2v) is 9.78. The molecule has 2 aromatic carbocycles. The molecule has 0 aromatic heterocycles. The van der Waals surface area contributed by atoms with E-state index in [0.29, 0.717) is 0 Å². The van der Waals surface area contributed by atoms with Crippen LogP contribution in [0.25, 0.3) is 0 Å². The largest absolute Gasteiger partial charge is 0.378 e. The van der Waals surface area contributed by atoms with Crippen LogP contribution >= 0.6 is 0 Å². The van der Waals surface area contributed by atoms with Gasteiger partial charge in [-0.3, -0.25) is 0 Å². The molecular formula is C25H38N2. The molecule has 0 aliphatic carbocycles. The summed E-state index contributed by atoms with van der Waals surface area (Å²) in [6, 6.07) is 15.8. The first kappa shape index (κ1) is 21.3. The summed E-state index contributed by atoms with van der Waals surface area (Å²) in [4.78, 5) is 4.42. The minimum absolute atomic E-state index is 0.115. The van der Waals surface area contributed by atoms with Crippen molar-refractivity contribution in [3.63, 3.8) is 0 Å². The van der Waals surface area contributed by atoms with Gasteiger partial charge in [0.05, 0.1) is 0 Å². The minimum Gasteiger partial charge on any atom is -0.378 e. The molecule has 2 rings (SSSR count). The van der Waals surface area contributed by atoms with E-state index in [-0.39, 0.29) is 10.8 Å². The van der Waals surface area contributed by atoms with Gasteiger partial charge >= 0.3 is 0 Å². The second kappa shape index (κ2) is 7.96. The van der Waals surface area contributed by atoms with Crippen molar-refractivity contribution in [3.8, 4) is 0 Å². The van der Waals surface area contributed by atoms with Gasteiger partial charge in [-0.2, -0.15) is 0 Å². The molecule has 0 amide bonds. The SMILES string of the molecule is CN(C)c1ccc(C(C)(C)C)c(CCC(C)(C)c2ccccc2N(C)C)c1. The van der Waals surface area contributed by atoms with Gasteiger partial charge in [-0.05, 0) is 58.6 Å². The van der Waals surface area contributed by atoms with E-state index in [1.54, 1.807) is 0 Å². The van der Waals surface area contributed by atoms with Crippen LogP contribution in [-0.4, -0.2) is 28.2 Å². The highest BCUT2D eigenvalue weighted by molar-refractivity contribution is 5.56. The Morgan fingerprint density at radius 2 is 1.37 bits per heavy atom.